The largest absolute Gasteiger partial charge is 0.207 e. The molecule has 0 radical (unpaired) electrons. The van der Waals surface area contributed by atoms with Crippen molar-refractivity contribution in [1.82, 2.24) is 0 Å². The topological polar surface area (TPSA) is 0 Å². The van der Waals surface area contributed by atoms with Gasteiger partial charge in [-0.2, -0.15) is 0 Å². The van der Waals surface area contributed by atoms with Crippen LogP contribution in [0.2, 0.25) is 0 Å². The molecule has 2 bridgehead atoms. The van der Waals surface area contributed by atoms with Crippen molar-refractivity contribution in [3.05, 3.63) is 47.8 Å². The molecule has 3 atom stereocenters. The highest BCUT2D eigenvalue weighted by Gasteiger charge is 2.37. The maximum absolute atomic E-state index is 13.5. The van der Waals surface area contributed by atoms with Gasteiger partial charge < -0.3 is 0 Å². The van der Waals surface area contributed by atoms with Crippen LogP contribution in [0.3, 0.4) is 0 Å². The SMILES string of the molecule is Fc1ccccc1C1CC2C=CC1C2. The molecule has 72 valence electrons. The second-order valence-electron chi connectivity index (χ2n) is 4.41. The number of rotatable bonds is 1. The fourth-order valence-electron chi connectivity index (χ4n) is 2.91. The minimum atomic E-state index is -0.0292. The van der Waals surface area contributed by atoms with Gasteiger partial charge in [-0.1, -0.05) is 30.4 Å². The lowest BCUT2D eigenvalue weighted by molar-refractivity contribution is 0.531. The summed E-state index contributed by atoms with van der Waals surface area (Å²) in [7, 11) is 0. The zero-order valence-electron chi connectivity index (χ0n) is 7.99. The minimum Gasteiger partial charge on any atom is -0.207 e. The van der Waals surface area contributed by atoms with E-state index in [1.807, 2.05) is 12.1 Å². The van der Waals surface area contributed by atoms with Gasteiger partial charge in [0, 0.05) is 0 Å². The van der Waals surface area contributed by atoms with Crippen LogP contribution in [0.5, 0.6) is 0 Å². The molecule has 0 nitrogen and oxygen atoms in total. The first-order chi connectivity index (χ1) is 6.84. The molecule has 0 saturated heterocycles. The lowest BCUT2D eigenvalue weighted by Crippen LogP contribution is -2.06. The molecule has 14 heavy (non-hydrogen) atoms. The molecule has 3 rings (SSSR count). The monoisotopic (exact) mass is 188 g/mol. The van der Waals surface area contributed by atoms with Crippen molar-refractivity contribution in [2.75, 3.05) is 0 Å². The van der Waals surface area contributed by atoms with E-state index in [-0.39, 0.29) is 5.82 Å². The minimum absolute atomic E-state index is 0.0292. The number of allylic oxidation sites excluding steroid dienone is 2. The number of benzene rings is 1. The van der Waals surface area contributed by atoms with E-state index in [9.17, 15) is 4.39 Å². The summed E-state index contributed by atoms with van der Waals surface area (Å²) in [5.41, 5.74) is 0.921. The van der Waals surface area contributed by atoms with Gasteiger partial charge in [0.1, 0.15) is 5.82 Å². The van der Waals surface area contributed by atoms with Crippen LogP contribution < -0.4 is 0 Å². The summed E-state index contributed by atoms with van der Waals surface area (Å²) in [6, 6.07) is 7.22. The van der Waals surface area contributed by atoms with Gasteiger partial charge in [0.2, 0.25) is 0 Å². The zero-order valence-corrected chi connectivity index (χ0v) is 7.99. The molecule has 2 aliphatic rings. The summed E-state index contributed by atoms with van der Waals surface area (Å²) in [4.78, 5) is 0. The Morgan fingerprint density at radius 3 is 2.57 bits per heavy atom. The van der Waals surface area contributed by atoms with Crippen molar-refractivity contribution < 1.29 is 4.39 Å². The van der Waals surface area contributed by atoms with Crippen LogP contribution in [-0.2, 0) is 0 Å². The molecular formula is C13H13F. The highest BCUT2D eigenvalue weighted by Crippen LogP contribution is 2.49. The Labute approximate surface area is 83.5 Å². The van der Waals surface area contributed by atoms with Gasteiger partial charge in [-0.25, -0.2) is 4.39 Å². The molecule has 1 saturated carbocycles. The van der Waals surface area contributed by atoms with Crippen LogP contribution in [-0.4, -0.2) is 0 Å². The van der Waals surface area contributed by atoms with Crippen molar-refractivity contribution in [1.29, 1.82) is 0 Å². The quantitative estimate of drug-likeness (QED) is 0.592. The van der Waals surface area contributed by atoms with Crippen LogP contribution >= 0.6 is 0 Å². The fourth-order valence-corrected chi connectivity index (χ4v) is 2.91. The second-order valence-corrected chi connectivity index (χ2v) is 4.41. The summed E-state index contributed by atoms with van der Waals surface area (Å²) in [5, 5.41) is 0. The Morgan fingerprint density at radius 1 is 1.07 bits per heavy atom. The molecule has 2 aliphatic carbocycles. The van der Waals surface area contributed by atoms with Crippen LogP contribution in [0.25, 0.3) is 0 Å². The van der Waals surface area contributed by atoms with E-state index in [2.05, 4.69) is 12.2 Å². The number of hydrogen-bond acceptors (Lipinski definition) is 0. The number of halogens is 1. The number of fused-ring (bicyclic) bond motifs is 2. The summed E-state index contributed by atoms with van der Waals surface area (Å²) < 4.78 is 13.5. The van der Waals surface area contributed by atoms with Crippen LogP contribution in [0, 0.1) is 17.7 Å². The maximum atomic E-state index is 13.5. The van der Waals surface area contributed by atoms with Gasteiger partial charge in [-0.05, 0) is 42.2 Å². The molecule has 0 aliphatic heterocycles. The second kappa shape index (κ2) is 2.94. The smallest absolute Gasteiger partial charge is 0.126 e. The standard InChI is InChI=1S/C13H13F/c14-13-4-2-1-3-11(13)12-8-9-5-6-10(12)7-9/h1-6,9-10,12H,7-8H2. The Kier molecular flexibility index (Phi) is 1.73. The molecule has 0 N–H and O–H groups in total. The first-order valence-electron chi connectivity index (χ1n) is 5.27. The Hall–Kier alpha value is -1.11. The molecule has 1 aromatic rings. The van der Waals surface area contributed by atoms with Gasteiger partial charge in [0.15, 0.2) is 0 Å². The van der Waals surface area contributed by atoms with E-state index in [4.69, 9.17) is 0 Å². The first-order valence-corrected chi connectivity index (χ1v) is 5.27. The van der Waals surface area contributed by atoms with E-state index in [0.29, 0.717) is 17.8 Å². The van der Waals surface area contributed by atoms with Crippen molar-refractivity contribution in [2.24, 2.45) is 11.8 Å². The molecule has 1 heteroatoms. The van der Waals surface area contributed by atoms with Crippen molar-refractivity contribution in [2.45, 2.75) is 18.8 Å². The van der Waals surface area contributed by atoms with Gasteiger partial charge in [-0.15, -0.1) is 0 Å². The molecule has 0 amide bonds. The third-order valence-electron chi connectivity index (χ3n) is 3.58. The molecule has 1 aromatic carbocycles. The molecule has 0 aromatic heterocycles. The molecule has 3 unspecified atom stereocenters. The molecular weight excluding hydrogens is 175 g/mol. The summed E-state index contributed by atoms with van der Waals surface area (Å²) in [6.45, 7) is 0. The van der Waals surface area contributed by atoms with Gasteiger partial charge in [0.05, 0.1) is 0 Å². The third-order valence-corrected chi connectivity index (χ3v) is 3.58. The Balaban J connectivity index is 1.97. The first kappa shape index (κ1) is 8.22. The maximum Gasteiger partial charge on any atom is 0.126 e. The predicted octanol–water partition coefficient (Wildman–Crippen LogP) is 3.51. The normalized spacial score (nSPS) is 33.9. The van der Waals surface area contributed by atoms with Crippen LogP contribution in [0.1, 0.15) is 24.3 Å². The van der Waals surface area contributed by atoms with Crippen LogP contribution in [0.4, 0.5) is 4.39 Å². The fraction of sp³-hybridized carbons (Fsp3) is 0.385. The van der Waals surface area contributed by atoms with E-state index in [1.54, 1.807) is 12.1 Å². The van der Waals surface area contributed by atoms with Gasteiger partial charge in [0.25, 0.3) is 0 Å². The Bertz CT molecular complexity index is 381. The highest BCUT2D eigenvalue weighted by atomic mass is 19.1. The predicted molar refractivity (Wildman–Crippen MR) is 54.5 cm³/mol. The molecule has 0 spiro atoms. The molecule has 1 fully saturated rings. The highest BCUT2D eigenvalue weighted by molar-refractivity contribution is 5.28. The van der Waals surface area contributed by atoms with Crippen molar-refractivity contribution in [3.8, 4) is 0 Å². The summed E-state index contributed by atoms with van der Waals surface area (Å²) in [5.74, 6) is 1.71. The van der Waals surface area contributed by atoms with E-state index in [0.717, 1.165) is 12.0 Å². The average Bonchev–Trinajstić information content (AvgIpc) is 2.79. The van der Waals surface area contributed by atoms with E-state index < -0.39 is 0 Å². The van der Waals surface area contributed by atoms with Crippen LogP contribution in [0.15, 0.2) is 36.4 Å². The van der Waals surface area contributed by atoms with E-state index >= 15 is 0 Å². The molecule has 0 heterocycles. The van der Waals surface area contributed by atoms with Crippen molar-refractivity contribution >= 4 is 0 Å². The number of hydrogen-bond donors (Lipinski definition) is 0. The third kappa shape index (κ3) is 1.12. The van der Waals surface area contributed by atoms with E-state index in [1.165, 1.54) is 6.42 Å². The van der Waals surface area contributed by atoms with Crippen molar-refractivity contribution in [3.63, 3.8) is 0 Å². The summed E-state index contributed by atoms with van der Waals surface area (Å²) in [6.07, 6.45) is 6.94. The average molecular weight is 188 g/mol. The lowest BCUT2D eigenvalue weighted by Gasteiger charge is -2.18. The summed E-state index contributed by atoms with van der Waals surface area (Å²) >= 11 is 0. The van der Waals surface area contributed by atoms with Gasteiger partial charge in [-0.3, -0.25) is 0 Å². The zero-order chi connectivity index (χ0) is 9.54. The van der Waals surface area contributed by atoms with Gasteiger partial charge >= 0.3 is 0 Å². The Morgan fingerprint density at radius 2 is 1.93 bits per heavy atom. The lowest BCUT2D eigenvalue weighted by atomic mass is 9.87.